The molecule has 0 aromatic heterocycles. The van der Waals surface area contributed by atoms with Crippen LogP contribution in [0.5, 0.6) is 0 Å². The Bertz CT molecular complexity index is 751. The summed E-state index contributed by atoms with van der Waals surface area (Å²) < 4.78 is 13.4. The first-order valence-electron chi connectivity index (χ1n) is 8.68. The summed E-state index contributed by atoms with van der Waals surface area (Å²) in [5.41, 5.74) is 0.264. The lowest BCUT2D eigenvalue weighted by molar-refractivity contribution is -0.157. The van der Waals surface area contributed by atoms with E-state index in [1.54, 1.807) is 11.0 Å². The van der Waals surface area contributed by atoms with E-state index in [0.29, 0.717) is 36.6 Å². The van der Waals surface area contributed by atoms with Gasteiger partial charge in [-0.05, 0) is 42.2 Å². The van der Waals surface area contributed by atoms with Crippen LogP contribution in [0.3, 0.4) is 0 Å². The summed E-state index contributed by atoms with van der Waals surface area (Å²) in [4.78, 5) is 14.5. The van der Waals surface area contributed by atoms with E-state index in [1.807, 2.05) is 30.3 Å². The Balaban J connectivity index is 1.60. The molecule has 2 N–H and O–H groups in total. The zero-order valence-corrected chi connectivity index (χ0v) is 15.2. The van der Waals surface area contributed by atoms with Crippen LogP contribution in [0, 0.1) is 5.82 Å². The average molecular weight is 377 g/mol. The van der Waals surface area contributed by atoms with Crippen molar-refractivity contribution in [3.05, 3.63) is 70.5 Å². The van der Waals surface area contributed by atoms with E-state index in [9.17, 15) is 14.3 Å². The van der Waals surface area contributed by atoms with Crippen LogP contribution in [0.25, 0.3) is 0 Å². The molecule has 0 saturated carbocycles. The number of benzene rings is 2. The number of nitrogens with one attached hydrogen (secondary N) is 1. The molecule has 4 nitrogen and oxygen atoms in total. The maximum atomic E-state index is 13.4. The van der Waals surface area contributed by atoms with Gasteiger partial charge in [0, 0.05) is 31.2 Å². The predicted molar refractivity (Wildman–Crippen MR) is 99.2 cm³/mol. The van der Waals surface area contributed by atoms with Gasteiger partial charge in [0.25, 0.3) is 5.91 Å². The molecule has 1 aliphatic heterocycles. The first kappa shape index (κ1) is 18.8. The molecule has 0 radical (unpaired) electrons. The third-order valence-electron chi connectivity index (χ3n) is 4.59. The molecule has 26 heavy (non-hydrogen) atoms. The molecule has 2 aromatic carbocycles. The van der Waals surface area contributed by atoms with Crippen molar-refractivity contribution in [2.45, 2.75) is 31.5 Å². The Kier molecular flexibility index (Phi) is 5.91. The SMILES string of the molecule is O=C1N(Cc2ccccc2)CCC[C@]1(O)CNCc1cc(F)cc(Cl)c1. The Morgan fingerprint density at radius 3 is 2.69 bits per heavy atom. The van der Waals surface area contributed by atoms with Gasteiger partial charge < -0.3 is 15.3 Å². The first-order chi connectivity index (χ1) is 12.5. The van der Waals surface area contributed by atoms with Gasteiger partial charge in [0.15, 0.2) is 5.60 Å². The molecule has 0 unspecified atom stereocenters. The number of rotatable bonds is 6. The van der Waals surface area contributed by atoms with Crippen LogP contribution in [-0.4, -0.2) is 34.6 Å². The molecule has 3 rings (SSSR count). The number of halogens is 2. The molecule has 0 spiro atoms. The summed E-state index contributed by atoms with van der Waals surface area (Å²) in [5, 5.41) is 14.2. The van der Waals surface area contributed by atoms with E-state index in [-0.39, 0.29) is 12.5 Å². The zero-order chi connectivity index (χ0) is 18.6. The summed E-state index contributed by atoms with van der Waals surface area (Å²) in [6.45, 7) is 1.56. The van der Waals surface area contributed by atoms with Crippen LogP contribution in [0.1, 0.15) is 24.0 Å². The topological polar surface area (TPSA) is 52.6 Å². The monoisotopic (exact) mass is 376 g/mol. The molecule has 1 saturated heterocycles. The fraction of sp³-hybridized carbons (Fsp3) is 0.350. The first-order valence-corrected chi connectivity index (χ1v) is 9.05. The minimum atomic E-state index is -1.44. The minimum Gasteiger partial charge on any atom is -0.379 e. The van der Waals surface area contributed by atoms with Gasteiger partial charge in [0.05, 0.1) is 0 Å². The predicted octanol–water partition coefficient (Wildman–Crippen LogP) is 3.12. The number of carbonyl (C=O) groups excluding carboxylic acids is 1. The van der Waals surface area contributed by atoms with E-state index < -0.39 is 11.4 Å². The Morgan fingerprint density at radius 2 is 1.96 bits per heavy atom. The Labute approximate surface area is 157 Å². The maximum absolute atomic E-state index is 13.4. The number of piperidine rings is 1. The fourth-order valence-corrected chi connectivity index (χ4v) is 3.55. The second-order valence-corrected chi connectivity index (χ2v) is 7.17. The highest BCUT2D eigenvalue weighted by molar-refractivity contribution is 6.30. The highest BCUT2D eigenvalue weighted by Gasteiger charge is 2.41. The quantitative estimate of drug-likeness (QED) is 0.814. The van der Waals surface area contributed by atoms with E-state index in [0.717, 1.165) is 12.0 Å². The van der Waals surface area contributed by atoms with Crippen LogP contribution in [-0.2, 0) is 17.9 Å². The fourth-order valence-electron chi connectivity index (χ4n) is 3.31. The lowest BCUT2D eigenvalue weighted by Gasteiger charge is -2.38. The van der Waals surface area contributed by atoms with E-state index in [1.165, 1.54) is 12.1 Å². The van der Waals surface area contributed by atoms with Crippen LogP contribution < -0.4 is 5.32 Å². The van der Waals surface area contributed by atoms with Gasteiger partial charge in [0.1, 0.15) is 5.82 Å². The average Bonchev–Trinajstić information content (AvgIpc) is 2.59. The third kappa shape index (κ3) is 4.61. The lowest BCUT2D eigenvalue weighted by Crippen LogP contribution is -2.57. The number of likely N-dealkylation sites (tertiary alicyclic amines) is 1. The van der Waals surface area contributed by atoms with E-state index in [4.69, 9.17) is 11.6 Å². The molecule has 0 bridgehead atoms. The molecule has 2 aromatic rings. The highest BCUT2D eigenvalue weighted by Crippen LogP contribution is 2.24. The van der Waals surface area contributed by atoms with Gasteiger partial charge in [0.2, 0.25) is 0 Å². The van der Waals surface area contributed by atoms with Crippen molar-refractivity contribution < 1.29 is 14.3 Å². The van der Waals surface area contributed by atoms with Gasteiger partial charge in [-0.15, -0.1) is 0 Å². The van der Waals surface area contributed by atoms with Crippen molar-refractivity contribution in [1.29, 1.82) is 0 Å². The zero-order valence-electron chi connectivity index (χ0n) is 14.4. The highest BCUT2D eigenvalue weighted by atomic mass is 35.5. The second-order valence-electron chi connectivity index (χ2n) is 6.73. The van der Waals surface area contributed by atoms with Gasteiger partial charge in [-0.1, -0.05) is 41.9 Å². The molecule has 1 fully saturated rings. The van der Waals surface area contributed by atoms with Crippen LogP contribution in [0.15, 0.2) is 48.5 Å². The van der Waals surface area contributed by atoms with Crippen LogP contribution >= 0.6 is 11.6 Å². The Hall–Kier alpha value is -1.95. The van der Waals surface area contributed by atoms with Crippen molar-refractivity contribution in [3.63, 3.8) is 0 Å². The van der Waals surface area contributed by atoms with E-state index in [2.05, 4.69) is 5.32 Å². The van der Waals surface area contributed by atoms with Crippen molar-refractivity contribution in [2.24, 2.45) is 0 Å². The summed E-state index contributed by atoms with van der Waals surface area (Å²) in [7, 11) is 0. The van der Waals surface area contributed by atoms with Crippen molar-refractivity contribution in [1.82, 2.24) is 10.2 Å². The number of carbonyl (C=O) groups is 1. The van der Waals surface area contributed by atoms with Crippen molar-refractivity contribution >= 4 is 17.5 Å². The van der Waals surface area contributed by atoms with Crippen LogP contribution in [0.4, 0.5) is 4.39 Å². The molecule has 1 aliphatic rings. The number of hydrogen-bond donors (Lipinski definition) is 2. The molecule has 1 heterocycles. The van der Waals surface area contributed by atoms with Gasteiger partial charge in [-0.25, -0.2) is 4.39 Å². The third-order valence-corrected chi connectivity index (χ3v) is 4.81. The van der Waals surface area contributed by atoms with Gasteiger partial charge in [-0.2, -0.15) is 0 Å². The smallest absolute Gasteiger partial charge is 0.256 e. The Morgan fingerprint density at radius 1 is 1.19 bits per heavy atom. The molecule has 0 aliphatic carbocycles. The van der Waals surface area contributed by atoms with Crippen molar-refractivity contribution in [2.75, 3.05) is 13.1 Å². The molecule has 1 amide bonds. The maximum Gasteiger partial charge on any atom is 0.256 e. The van der Waals surface area contributed by atoms with Crippen LogP contribution in [0.2, 0.25) is 5.02 Å². The molecular weight excluding hydrogens is 355 g/mol. The lowest BCUT2D eigenvalue weighted by atomic mass is 9.91. The van der Waals surface area contributed by atoms with Gasteiger partial charge >= 0.3 is 0 Å². The van der Waals surface area contributed by atoms with Crippen molar-refractivity contribution in [3.8, 4) is 0 Å². The van der Waals surface area contributed by atoms with Gasteiger partial charge in [-0.3, -0.25) is 4.79 Å². The number of nitrogens with zero attached hydrogens (tertiary/aromatic N) is 1. The number of hydrogen-bond acceptors (Lipinski definition) is 3. The second kappa shape index (κ2) is 8.16. The minimum absolute atomic E-state index is 0.116. The van der Waals surface area contributed by atoms with E-state index >= 15 is 0 Å². The normalized spacial score (nSPS) is 20.4. The standard InChI is InChI=1S/C20H22ClFN2O2/c21-17-9-16(10-18(22)11-17)12-23-14-20(26)7-4-8-24(19(20)25)13-15-5-2-1-3-6-15/h1-3,5-6,9-11,23,26H,4,7-8,12-14H2/t20-/m0/s1. The summed E-state index contributed by atoms with van der Waals surface area (Å²) in [6.07, 6.45) is 1.15. The molecule has 1 atom stereocenters. The molecular formula is C20H22ClFN2O2. The largest absolute Gasteiger partial charge is 0.379 e. The molecule has 6 heteroatoms. The summed E-state index contributed by atoms with van der Waals surface area (Å²) in [6, 6.07) is 14.0. The number of aliphatic hydroxyl groups is 1. The summed E-state index contributed by atoms with van der Waals surface area (Å²) in [5.74, 6) is -0.673. The number of amides is 1. The molecule has 138 valence electrons. The summed E-state index contributed by atoms with van der Waals surface area (Å²) >= 11 is 5.85.